The number of carbonyl (C=O) groups excluding carboxylic acids is 2. The standard InChI is InChI=1S/C24H24N4O2S/c1-16-13-17(2)26-23-21(16)28(11-12-31-23)24(30)27-20-10-6-9-19(14-20)22(29)25-15-18-7-4-3-5-8-18/h3-10,13-14H,11-12,15H2,1-2H3,(H,25,29)(H,27,30). The molecular weight excluding hydrogens is 408 g/mol. The van der Waals surface area contributed by atoms with Gasteiger partial charge in [0.15, 0.2) is 0 Å². The van der Waals surface area contributed by atoms with E-state index in [1.807, 2.05) is 50.2 Å². The van der Waals surface area contributed by atoms with Crippen LogP contribution in [0.1, 0.15) is 27.2 Å². The molecule has 7 heteroatoms. The van der Waals surface area contributed by atoms with Crippen LogP contribution in [0, 0.1) is 13.8 Å². The summed E-state index contributed by atoms with van der Waals surface area (Å²) in [5.74, 6) is 0.605. The molecule has 0 spiro atoms. The predicted molar refractivity (Wildman–Crippen MR) is 125 cm³/mol. The summed E-state index contributed by atoms with van der Waals surface area (Å²) >= 11 is 1.67. The van der Waals surface area contributed by atoms with Gasteiger partial charge in [0, 0.05) is 35.8 Å². The number of nitrogens with one attached hydrogen (secondary N) is 2. The van der Waals surface area contributed by atoms with Crippen molar-refractivity contribution in [1.29, 1.82) is 0 Å². The number of hydrogen-bond donors (Lipinski definition) is 2. The number of carbonyl (C=O) groups is 2. The number of pyridine rings is 1. The maximum atomic E-state index is 13.0. The molecule has 0 radical (unpaired) electrons. The Bertz CT molecular complexity index is 1120. The van der Waals surface area contributed by atoms with E-state index >= 15 is 0 Å². The molecule has 31 heavy (non-hydrogen) atoms. The molecule has 158 valence electrons. The van der Waals surface area contributed by atoms with Crippen LogP contribution in [0.2, 0.25) is 0 Å². The van der Waals surface area contributed by atoms with Crippen LogP contribution in [0.15, 0.2) is 65.7 Å². The van der Waals surface area contributed by atoms with Gasteiger partial charge >= 0.3 is 6.03 Å². The van der Waals surface area contributed by atoms with E-state index in [-0.39, 0.29) is 11.9 Å². The summed E-state index contributed by atoms with van der Waals surface area (Å²) in [4.78, 5) is 31.9. The summed E-state index contributed by atoms with van der Waals surface area (Å²) < 4.78 is 0. The fraction of sp³-hybridized carbons (Fsp3) is 0.208. The lowest BCUT2D eigenvalue weighted by Crippen LogP contribution is -2.39. The largest absolute Gasteiger partial charge is 0.348 e. The average Bonchev–Trinajstić information content (AvgIpc) is 2.77. The SMILES string of the molecule is Cc1cc(C)c2c(n1)SCCN2C(=O)Nc1cccc(C(=O)NCc2ccccc2)c1. The average molecular weight is 433 g/mol. The van der Waals surface area contributed by atoms with Gasteiger partial charge in [-0.15, -0.1) is 11.8 Å². The van der Waals surface area contributed by atoms with Gasteiger partial charge in [0.25, 0.3) is 5.91 Å². The lowest BCUT2D eigenvalue weighted by Gasteiger charge is -2.30. The lowest BCUT2D eigenvalue weighted by molar-refractivity contribution is 0.0951. The number of rotatable bonds is 4. The Hall–Kier alpha value is -3.32. The van der Waals surface area contributed by atoms with E-state index in [0.29, 0.717) is 24.3 Å². The van der Waals surface area contributed by atoms with E-state index in [2.05, 4.69) is 15.6 Å². The van der Waals surface area contributed by atoms with Gasteiger partial charge in [-0.05, 0) is 49.2 Å². The Balaban J connectivity index is 1.46. The first-order chi connectivity index (χ1) is 15.0. The number of anilines is 2. The molecule has 1 aliphatic rings. The Morgan fingerprint density at radius 3 is 2.68 bits per heavy atom. The van der Waals surface area contributed by atoms with Gasteiger partial charge < -0.3 is 10.6 Å². The predicted octanol–water partition coefficient (Wildman–Crippen LogP) is 4.77. The summed E-state index contributed by atoms with van der Waals surface area (Å²) in [6.45, 7) is 5.01. The number of fused-ring (bicyclic) bond motifs is 1. The van der Waals surface area contributed by atoms with Crippen LogP contribution < -0.4 is 15.5 Å². The zero-order chi connectivity index (χ0) is 21.8. The Morgan fingerprint density at radius 2 is 1.87 bits per heavy atom. The fourth-order valence-electron chi connectivity index (χ4n) is 3.58. The third kappa shape index (κ3) is 4.88. The summed E-state index contributed by atoms with van der Waals surface area (Å²) in [6, 6.07) is 18.5. The molecule has 6 nitrogen and oxygen atoms in total. The maximum absolute atomic E-state index is 13.0. The van der Waals surface area contributed by atoms with Crippen molar-refractivity contribution in [3.05, 3.63) is 83.0 Å². The summed E-state index contributed by atoms with van der Waals surface area (Å²) in [6.07, 6.45) is 0. The lowest BCUT2D eigenvalue weighted by atomic mass is 10.1. The number of amides is 3. The minimum absolute atomic E-state index is 0.185. The van der Waals surface area contributed by atoms with Crippen molar-refractivity contribution in [2.24, 2.45) is 0 Å². The zero-order valence-electron chi connectivity index (χ0n) is 17.5. The van der Waals surface area contributed by atoms with Gasteiger partial charge in [0.1, 0.15) is 5.03 Å². The third-order valence-corrected chi connectivity index (χ3v) is 5.96. The van der Waals surface area contributed by atoms with Crippen LogP contribution in [-0.2, 0) is 6.54 Å². The van der Waals surface area contributed by atoms with Crippen molar-refractivity contribution in [3.63, 3.8) is 0 Å². The topological polar surface area (TPSA) is 74.3 Å². The van der Waals surface area contributed by atoms with E-state index in [1.165, 1.54) is 0 Å². The van der Waals surface area contributed by atoms with Crippen molar-refractivity contribution in [2.45, 2.75) is 25.4 Å². The summed E-state index contributed by atoms with van der Waals surface area (Å²) in [5, 5.41) is 6.73. The van der Waals surface area contributed by atoms with E-state index in [9.17, 15) is 9.59 Å². The molecule has 3 aromatic rings. The van der Waals surface area contributed by atoms with Gasteiger partial charge in [-0.1, -0.05) is 36.4 Å². The van der Waals surface area contributed by atoms with Gasteiger partial charge in [0.05, 0.1) is 5.69 Å². The maximum Gasteiger partial charge on any atom is 0.326 e. The monoisotopic (exact) mass is 432 g/mol. The molecule has 0 saturated carbocycles. The second-order valence-electron chi connectivity index (χ2n) is 7.41. The van der Waals surface area contributed by atoms with Crippen LogP contribution in [0.5, 0.6) is 0 Å². The molecule has 3 amide bonds. The first-order valence-electron chi connectivity index (χ1n) is 10.1. The quantitative estimate of drug-likeness (QED) is 0.623. The Morgan fingerprint density at radius 1 is 1.06 bits per heavy atom. The van der Waals surface area contributed by atoms with Crippen molar-refractivity contribution < 1.29 is 9.59 Å². The second-order valence-corrected chi connectivity index (χ2v) is 8.50. The van der Waals surface area contributed by atoms with E-state index in [1.54, 1.807) is 40.9 Å². The molecule has 2 aromatic carbocycles. The first kappa shape index (κ1) is 20.9. The first-order valence-corrected chi connectivity index (χ1v) is 11.1. The van der Waals surface area contributed by atoms with E-state index in [0.717, 1.165) is 33.3 Å². The summed E-state index contributed by atoms with van der Waals surface area (Å²) in [5.41, 5.74) is 4.93. The van der Waals surface area contributed by atoms with Gasteiger partial charge in [-0.3, -0.25) is 9.69 Å². The fourth-order valence-corrected chi connectivity index (χ4v) is 4.67. The molecule has 1 aliphatic heterocycles. The number of urea groups is 1. The minimum atomic E-state index is -0.225. The molecule has 0 bridgehead atoms. The molecule has 0 saturated heterocycles. The minimum Gasteiger partial charge on any atom is -0.348 e. The molecule has 0 atom stereocenters. The highest BCUT2D eigenvalue weighted by atomic mass is 32.2. The highest BCUT2D eigenvalue weighted by molar-refractivity contribution is 7.99. The summed E-state index contributed by atoms with van der Waals surface area (Å²) in [7, 11) is 0. The number of hydrogen-bond acceptors (Lipinski definition) is 4. The molecule has 2 heterocycles. The highest BCUT2D eigenvalue weighted by Crippen LogP contribution is 2.36. The number of nitrogens with zero attached hydrogens (tertiary/aromatic N) is 2. The number of thioether (sulfide) groups is 1. The highest BCUT2D eigenvalue weighted by Gasteiger charge is 2.26. The molecular formula is C24H24N4O2S. The molecule has 4 rings (SSSR count). The Labute approximate surface area is 186 Å². The van der Waals surface area contributed by atoms with Crippen LogP contribution in [0.3, 0.4) is 0 Å². The molecule has 0 fully saturated rings. The van der Waals surface area contributed by atoms with Gasteiger partial charge in [-0.25, -0.2) is 9.78 Å². The van der Waals surface area contributed by atoms with Crippen LogP contribution in [-0.4, -0.2) is 29.2 Å². The second kappa shape index (κ2) is 9.22. The Kier molecular flexibility index (Phi) is 6.23. The van der Waals surface area contributed by atoms with E-state index in [4.69, 9.17) is 0 Å². The normalized spacial score (nSPS) is 12.8. The molecule has 0 aliphatic carbocycles. The molecule has 2 N–H and O–H groups in total. The smallest absolute Gasteiger partial charge is 0.326 e. The van der Waals surface area contributed by atoms with Crippen molar-refractivity contribution in [3.8, 4) is 0 Å². The van der Waals surface area contributed by atoms with E-state index < -0.39 is 0 Å². The third-order valence-electron chi connectivity index (χ3n) is 5.02. The van der Waals surface area contributed by atoms with Crippen LogP contribution in [0.25, 0.3) is 0 Å². The van der Waals surface area contributed by atoms with Crippen LogP contribution in [0.4, 0.5) is 16.2 Å². The number of aromatic nitrogens is 1. The van der Waals surface area contributed by atoms with Crippen LogP contribution >= 0.6 is 11.8 Å². The van der Waals surface area contributed by atoms with Gasteiger partial charge in [-0.2, -0.15) is 0 Å². The molecule has 1 aromatic heterocycles. The molecule has 0 unspecified atom stereocenters. The van der Waals surface area contributed by atoms with Crippen molar-refractivity contribution >= 4 is 35.1 Å². The van der Waals surface area contributed by atoms with Gasteiger partial charge in [0.2, 0.25) is 0 Å². The number of aryl methyl sites for hydroxylation is 2. The zero-order valence-corrected chi connectivity index (χ0v) is 18.3. The van der Waals surface area contributed by atoms with Crippen molar-refractivity contribution in [1.82, 2.24) is 10.3 Å². The van der Waals surface area contributed by atoms with Crippen molar-refractivity contribution in [2.75, 3.05) is 22.5 Å². The number of benzene rings is 2.